The monoisotopic (exact) mass is 374 g/mol. The minimum Gasteiger partial charge on any atom is -0.457 e. The fourth-order valence-electron chi connectivity index (χ4n) is 2.74. The summed E-state index contributed by atoms with van der Waals surface area (Å²) in [5, 5.41) is 3.98. The van der Waals surface area contributed by atoms with Gasteiger partial charge < -0.3 is 10.1 Å². The highest BCUT2D eigenvalue weighted by Crippen LogP contribution is 2.23. The Balaban J connectivity index is 1.36. The third kappa shape index (κ3) is 4.33. The summed E-state index contributed by atoms with van der Waals surface area (Å²) in [6, 6.07) is 24.8. The second kappa shape index (κ2) is 8.01. The van der Waals surface area contributed by atoms with E-state index in [1.165, 1.54) is 4.70 Å². The molecule has 134 valence electrons. The summed E-state index contributed by atoms with van der Waals surface area (Å²) >= 11 is 1.67. The molecule has 1 N–H and O–H groups in total. The number of carbonyl (C=O) groups excluding carboxylic acids is 1. The molecule has 0 saturated heterocycles. The van der Waals surface area contributed by atoms with Gasteiger partial charge in [-0.25, -0.2) is 4.98 Å². The number of para-hydroxylation sites is 2. The van der Waals surface area contributed by atoms with Crippen molar-refractivity contribution in [2.45, 2.75) is 6.42 Å². The largest absolute Gasteiger partial charge is 0.457 e. The summed E-state index contributed by atoms with van der Waals surface area (Å²) in [6.07, 6.45) is 0.714. The van der Waals surface area contributed by atoms with Gasteiger partial charge in [-0.2, -0.15) is 0 Å². The number of thiazole rings is 1. The van der Waals surface area contributed by atoms with Crippen molar-refractivity contribution >= 4 is 27.5 Å². The second-order valence-electron chi connectivity index (χ2n) is 6.02. The number of amides is 1. The van der Waals surface area contributed by atoms with E-state index >= 15 is 0 Å². The standard InChI is InChI=1S/C22H18N2O2S/c25-22(23-14-13-21-24-19-11-4-5-12-20(19)27-21)16-7-6-10-18(15-16)26-17-8-2-1-3-9-17/h1-12,15H,13-14H2,(H,23,25). The minimum absolute atomic E-state index is 0.116. The smallest absolute Gasteiger partial charge is 0.251 e. The van der Waals surface area contributed by atoms with Crippen LogP contribution in [0.15, 0.2) is 78.9 Å². The Kier molecular flexibility index (Phi) is 5.12. The van der Waals surface area contributed by atoms with E-state index in [4.69, 9.17) is 4.74 Å². The minimum atomic E-state index is -0.116. The number of rotatable bonds is 6. The molecule has 3 aromatic carbocycles. The highest BCUT2D eigenvalue weighted by molar-refractivity contribution is 7.18. The number of benzene rings is 3. The van der Waals surface area contributed by atoms with E-state index in [9.17, 15) is 4.79 Å². The van der Waals surface area contributed by atoms with Gasteiger partial charge in [-0.3, -0.25) is 4.79 Å². The predicted octanol–water partition coefficient (Wildman–Crippen LogP) is 5.06. The average Bonchev–Trinajstić information content (AvgIpc) is 3.12. The molecule has 0 atom stereocenters. The quantitative estimate of drug-likeness (QED) is 0.513. The number of hydrogen-bond acceptors (Lipinski definition) is 4. The Bertz CT molecular complexity index is 1030. The van der Waals surface area contributed by atoms with Gasteiger partial charge in [-0.15, -0.1) is 11.3 Å². The Hall–Kier alpha value is -3.18. The zero-order valence-corrected chi connectivity index (χ0v) is 15.4. The molecule has 27 heavy (non-hydrogen) atoms. The molecule has 1 heterocycles. The fraction of sp³-hybridized carbons (Fsp3) is 0.0909. The lowest BCUT2D eigenvalue weighted by Crippen LogP contribution is -2.25. The van der Waals surface area contributed by atoms with Gasteiger partial charge in [0.1, 0.15) is 11.5 Å². The van der Waals surface area contributed by atoms with Crippen LogP contribution in [0.25, 0.3) is 10.2 Å². The molecular weight excluding hydrogens is 356 g/mol. The molecule has 4 rings (SSSR count). The van der Waals surface area contributed by atoms with Gasteiger partial charge in [0.05, 0.1) is 15.2 Å². The van der Waals surface area contributed by atoms with Gasteiger partial charge in [-0.1, -0.05) is 36.4 Å². The van der Waals surface area contributed by atoms with Gasteiger partial charge in [0, 0.05) is 18.5 Å². The topological polar surface area (TPSA) is 51.2 Å². The molecule has 5 heteroatoms. The van der Waals surface area contributed by atoms with Crippen LogP contribution >= 0.6 is 11.3 Å². The first-order valence-electron chi connectivity index (χ1n) is 8.73. The first-order chi connectivity index (χ1) is 13.3. The number of hydrogen-bond donors (Lipinski definition) is 1. The second-order valence-corrected chi connectivity index (χ2v) is 7.14. The lowest BCUT2D eigenvalue weighted by Gasteiger charge is -2.08. The summed E-state index contributed by atoms with van der Waals surface area (Å²) in [6.45, 7) is 0.544. The Morgan fingerprint density at radius 1 is 0.926 bits per heavy atom. The Morgan fingerprint density at radius 2 is 1.70 bits per heavy atom. The molecule has 0 aliphatic rings. The third-order valence-corrected chi connectivity index (χ3v) is 5.13. The van der Waals surface area contributed by atoms with E-state index in [1.54, 1.807) is 23.5 Å². The first-order valence-corrected chi connectivity index (χ1v) is 9.55. The van der Waals surface area contributed by atoms with Crippen molar-refractivity contribution < 1.29 is 9.53 Å². The number of nitrogens with zero attached hydrogens (tertiary/aromatic N) is 1. The van der Waals surface area contributed by atoms with Crippen LogP contribution in [0.3, 0.4) is 0 Å². The van der Waals surface area contributed by atoms with Crippen LogP contribution < -0.4 is 10.1 Å². The van der Waals surface area contributed by atoms with Crippen LogP contribution in [0.2, 0.25) is 0 Å². The Morgan fingerprint density at radius 3 is 2.56 bits per heavy atom. The zero-order chi connectivity index (χ0) is 18.5. The summed E-state index contributed by atoms with van der Waals surface area (Å²) in [5.41, 5.74) is 1.59. The highest BCUT2D eigenvalue weighted by atomic mass is 32.1. The number of carbonyl (C=O) groups is 1. The van der Waals surface area contributed by atoms with Gasteiger partial charge in [-0.05, 0) is 42.5 Å². The molecule has 4 aromatic rings. The summed E-state index contributed by atoms with van der Waals surface area (Å²) in [7, 11) is 0. The zero-order valence-electron chi connectivity index (χ0n) is 14.6. The molecule has 0 fully saturated rings. The molecule has 0 radical (unpaired) electrons. The lowest BCUT2D eigenvalue weighted by atomic mass is 10.2. The van der Waals surface area contributed by atoms with Crippen LogP contribution in [0.1, 0.15) is 15.4 Å². The molecule has 4 nitrogen and oxygen atoms in total. The lowest BCUT2D eigenvalue weighted by molar-refractivity contribution is 0.0954. The third-order valence-electron chi connectivity index (χ3n) is 4.04. The van der Waals surface area contributed by atoms with Crippen LogP contribution in [0.4, 0.5) is 0 Å². The van der Waals surface area contributed by atoms with E-state index in [2.05, 4.69) is 16.4 Å². The van der Waals surface area contributed by atoms with Crippen molar-refractivity contribution in [3.8, 4) is 11.5 Å². The number of aromatic nitrogens is 1. The van der Waals surface area contributed by atoms with E-state index in [0.717, 1.165) is 16.3 Å². The van der Waals surface area contributed by atoms with E-state index in [0.29, 0.717) is 24.3 Å². The summed E-state index contributed by atoms with van der Waals surface area (Å²) in [4.78, 5) is 17.0. The van der Waals surface area contributed by atoms with Crippen molar-refractivity contribution in [1.82, 2.24) is 10.3 Å². The average molecular weight is 374 g/mol. The molecule has 0 aliphatic heterocycles. The van der Waals surface area contributed by atoms with Crippen LogP contribution in [-0.2, 0) is 6.42 Å². The van der Waals surface area contributed by atoms with Crippen molar-refractivity contribution in [2.24, 2.45) is 0 Å². The molecule has 0 saturated carbocycles. The maximum absolute atomic E-state index is 12.4. The van der Waals surface area contributed by atoms with Crippen LogP contribution in [0.5, 0.6) is 11.5 Å². The number of fused-ring (bicyclic) bond motifs is 1. The maximum Gasteiger partial charge on any atom is 0.251 e. The first kappa shape index (κ1) is 17.2. The summed E-state index contributed by atoms with van der Waals surface area (Å²) < 4.78 is 6.96. The maximum atomic E-state index is 12.4. The predicted molar refractivity (Wildman–Crippen MR) is 109 cm³/mol. The summed E-state index contributed by atoms with van der Waals surface area (Å²) in [5.74, 6) is 1.26. The van der Waals surface area contributed by atoms with Crippen molar-refractivity contribution in [3.05, 3.63) is 89.4 Å². The van der Waals surface area contributed by atoms with E-state index in [-0.39, 0.29) is 5.91 Å². The van der Waals surface area contributed by atoms with Gasteiger partial charge >= 0.3 is 0 Å². The molecule has 0 unspecified atom stereocenters. The SMILES string of the molecule is O=C(NCCc1nc2ccccc2s1)c1cccc(Oc2ccccc2)c1. The van der Waals surface area contributed by atoms with Crippen molar-refractivity contribution in [3.63, 3.8) is 0 Å². The van der Waals surface area contributed by atoms with Crippen molar-refractivity contribution in [2.75, 3.05) is 6.54 Å². The number of nitrogens with one attached hydrogen (secondary N) is 1. The van der Waals surface area contributed by atoms with E-state index < -0.39 is 0 Å². The fourth-order valence-corrected chi connectivity index (χ4v) is 3.70. The van der Waals surface area contributed by atoms with Gasteiger partial charge in [0.25, 0.3) is 5.91 Å². The van der Waals surface area contributed by atoms with E-state index in [1.807, 2.05) is 60.7 Å². The molecular formula is C22H18N2O2S. The molecule has 1 aromatic heterocycles. The van der Waals surface area contributed by atoms with Crippen LogP contribution in [0, 0.1) is 0 Å². The molecule has 0 aliphatic carbocycles. The van der Waals surface area contributed by atoms with Crippen LogP contribution in [-0.4, -0.2) is 17.4 Å². The Labute approximate surface area is 161 Å². The van der Waals surface area contributed by atoms with Crippen molar-refractivity contribution in [1.29, 1.82) is 0 Å². The normalized spacial score (nSPS) is 10.7. The number of ether oxygens (including phenoxy) is 1. The molecule has 1 amide bonds. The van der Waals surface area contributed by atoms with Gasteiger partial charge in [0.2, 0.25) is 0 Å². The highest BCUT2D eigenvalue weighted by Gasteiger charge is 2.08. The molecule has 0 spiro atoms. The molecule has 0 bridgehead atoms. The van der Waals surface area contributed by atoms with Gasteiger partial charge in [0.15, 0.2) is 0 Å².